The van der Waals surface area contributed by atoms with Gasteiger partial charge in [-0.3, -0.25) is 4.98 Å². The lowest BCUT2D eigenvalue weighted by Crippen LogP contribution is -2.10. The number of benzene rings is 7. The second-order valence-electron chi connectivity index (χ2n) is 12.0. The Morgan fingerprint density at radius 3 is 2.04 bits per heavy atom. The van der Waals surface area contributed by atoms with Gasteiger partial charge in [0.1, 0.15) is 0 Å². The van der Waals surface area contributed by atoms with Crippen LogP contribution < -0.4 is 4.90 Å². The molecule has 0 unspecified atom stereocenters. The van der Waals surface area contributed by atoms with E-state index in [1.807, 2.05) is 23.7 Å². The van der Waals surface area contributed by atoms with E-state index in [0.29, 0.717) is 0 Å². The van der Waals surface area contributed by atoms with Crippen LogP contribution in [0.15, 0.2) is 158 Å². The topological polar surface area (TPSA) is 16.1 Å². The third-order valence-electron chi connectivity index (χ3n) is 9.47. The van der Waals surface area contributed by atoms with Crippen LogP contribution in [0.1, 0.15) is 0 Å². The molecule has 0 saturated heterocycles. The molecule has 7 aromatic carbocycles. The average Bonchev–Trinajstić information content (AvgIpc) is 3.65. The molecule has 0 amide bonds. The monoisotopic (exact) mass is 602 g/mol. The molecule has 2 nitrogen and oxygen atoms in total. The van der Waals surface area contributed by atoms with E-state index in [-0.39, 0.29) is 0 Å². The summed E-state index contributed by atoms with van der Waals surface area (Å²) in [5.41, 5.74) is 11.1. The van der Waals surface area contributed by atoms with Crippen molar-refractivity contribution in [1.29, 1.82) is 0 Å². The fraction of sp³-hybridized carbons (Fsp3) is 0. The van der Waals surface area contributed by atoms with E-state index in [1.54, 1.807) is 0 Å². The average molecular weight is 603 g/mol. The van der Waals surface area contributed by atoms with Gasteiger partial charge in [-0.2, -0.15) is 0 Å². The summed E-state index contributed by atoms with van der Waals surface area (Å²) in [5, 5.41) is 7.58. The van der Waals surface area contributed by atoms with E-state index in [4.69, 9.17) is 0 Å². The largest absolute Gasteiger partial charge is 0.310 e. The summed E-state index contributed by atoms with van der Waals surface area (Å²) < 4.78 is 2.52. The summed E-state index contributed by atoms with van der Waals surface area (Å²) in [6, 6.07) is 53.4. The molecule has 3 heteroatoms. The van der Waals surface area contributed by atoms with Crippen molar-refractivity contribution in [2.24, 2.45) is 0 Å². The zero-order chi connectivity index (χ0) is 30.2. The Labute approximate surface area is 270 Å². The van der Waals surface area contributed by atoms with Crippen molar-refractivity contribution in [3.8, 4) is 33.4 Å². The van der Waals surface area contributed by atoms with Gasteiger partial charge in [0.25, 0.3) is 0 Å². The molecule has 0 atom stereocenters. The maximum absolute atomic E-state index is 4.41. The summed E-state index contributed by atoms with van der Waals surface area (Å²) in [4.78, 5) is 6.82. The van der Waals surface area contributed by atoms with Crippen LogP contribution in [0.4, 0.5) is 17.1 Å². The van der Waals surface area contributed by atoms with Crippen molar-refractivity contribution in [1.82, 2.24) is 4.98 Å². The minimum Gasteiger partial charge on any atom is -0.310 e. The highest BCUT2D eigenvalue weighted by molar-refractivity contribution is 7.25. The predicted octanol–water partition coefficient (Wildman–Crippen LogP) is 12.5. The third kappa shape index (κ3) is 3.79. The van der Waals surface area contributed by atoms with Crippen molar-refractivity contribution in [2.45, 2.75) is 0 Å². The van der Waals surface area contributed by atoms with Gasteiger partial charge in [-0.05, 0) is 97.4 Å². The molecule has 0 bridgehead atoms. The molecular weight excluding hydrogens is 577 g/mol. The Balaban J connectivity index is 1.18. The van der Waals surface area contributed by atoms with Gasteiger partial charge in [-0.15, -0.1) is 11.3 Å². The third-order valence-corrected chi connectivity index (χ3v) is 10.6. The number of anilines is 3. The van der Waals surface area contributed by atoms with Crippen LogP contribution in [0.5, 0.6) is 0 Å². The number of aromatic nitrogens is 1. The van der Waals surface area contributed by atoms with Crippen molar-refractivity contribution < 1.29 is 0 Å². The molecule has 1 aliphatic rings. The molecule has 214 valence electrons. The summed E-state index contributed by atoms with van der Waals surface area (Å²) in [6.07, 6.45) is 3.87. The van der Waals surface area contributed by atoms with Crippen LogP contribution >= 0.6 is 11.3 Å². The molecular formula is C43H26N2S. The van der Waals surface area contributed by atoms with Crippen LogP contribution in [0.25, 0.3) is 75.1 Å². The van der Waals surface area contributed by atoms with Gasteiger partial charge < -0.3 is 4.90 Å². The molecule has 0 spiro atoms. The summed E-state index contributed by atoms with van der Waals surface area (Å²) >= 11 is 1.83. The smallest absolute Gasteiger partial charge is 0.0476 e. The number of thiophene rings is 1. The van der Waals surface area contributed by atoms with Crippen molar-refractivity contribution in [2.75, 3.05) is 4.90 Å². The molecule has 0 aliphatic heterocycles. The van der Waals surface area contributed by atoms with E-state index in [1.165, 1.54) is 75.1 Å². The van der Waals surface area contributed by atoms with Gasteiger partial charge in [0.2, 0.25) is 0 Å². The number of nitrogens with zero attached hydrogens (tertiary/aromatic N) is 2. The number of hydrogen-bond acceptors (Lipinski definition) is 3. The molecule has 1 aliphatic carbocycles. The normalized spacial score (nSPS) is 11.9. The van der Waals surface area contributed by atoms with Crippen LogP contribution in [-0.4, -0.2) is 4.98 Å². The lowest BCUT2D eigenvalue weighted by Gasteiger charge is -2.27. The summed E-state index contributed by atoms with van der Waals surface area (Å²) in [5.74, 6) is 0. The summed E-state index contributed by atoms with van der Waals surface area (Å²) in [7, 11) is 0. The molecule has 0 radical (unpaired) electrons. The molecule has 10 rings (SSSR count). The molecule has 0 saturated carbocycles. The highest BCUT2D eigenvalue weighted by Gasteiger charge is 2.24. The first-order valence-electron chi connectivity index (χ1n) is 15.6. The number of pyridine rings is 1. The van der Waals surface area contributed by atoms with Crippen molar-refractivity contribution in [3.05, 3.63) is 158 Å². The fourth-order valence-electron chi connectivity index (χ4n) is 7.39. The maximum Gasteiger partial charge on any atom is 0.0476 e. The minimum atomic E-state index is 1.13. The summed E-state index contributed by atoms with van der Waals surface area (Å²) in [6.45, 7) is 0. The van der Waals surface area contributed by atoms with Crippen molar-refractivity contribution in [3.63, 3.8) is 0 Å². The van der Waals surface area contributed by atoms with Gasteiger partial charge in [-0.1, -0.05) is 103 Å². The maximum atomic E-state index is 4.41. The fourth-order valence-corrected chi connectivity index (χ4v) is 8.50. The molecule has 0 N–H and O–H groups in total. The second-order valence-corrected chi connectivity index (χ2v) is 13.1. The first-order valence-corrected chi connectivity index (χ1v) is 16.4. The highest BCUT2D eigenvalue weighted by atomic mass is 32.1. The van der Waals surface area contributed by atoms with Crippen LogP contribution in [0.2, 0.25) is 0 Å². The quantitative estimate of drug-likeness (QED) is 0.199. The highest BCUT2D eigenvalue weighted by Crippen LogP contribution is 2.50. The van der Waals surface area contributed by atoms with Gasteiger partial charge in [0, 0.05) is 49.6 Å². The van der Waals surface area contributed by atoms with E-state index in [9.17, 15) is 0 Å². The zero-order valence-electron chi connectivity index (χ0n) is 24.8. The first kappa shape index (κ1) is 25.5. The Kier molecular flexibility index (Phi) is 5.48. The Hall–Kier alpha value is -5.77. The molecule has 9 aromatic rings. The molecule has 2 heterocycles. The lowest BCUT2D eigenvalue weighted by molar-refractivity contribution is 1.30. The minimum absolute atomic E-state index is 1.13. The number of hydrogen-bond donors (Lipinski definition) is 0. The molecule has 46 heavy (non-hydrogen) atoms. The number of fused-ring (bicyclic) bond motifs is 7. The van der Waals surface area contributed by atoms with Gasteiger partial charge in [0.15, 0.2) is 0 Å². The predicted molar refractivity (Wildman–Crippen MR) is 197 cm³/mol. The van der Waals surface area contributed by atoms with Gasteiger partial charge in [-0.25, -0.2) is 0 Å². The van der Waals surface area contributed by atoms with E-state index >= 15 is 0 Å². The van der Waals surface area contributed by atoms with Gasteiger partial charge in [0.05, 0.1) is 0 Å². The first-order chi connectivity index (χ1) is 22.8. The Bertz CT molecular complexity index is 2640. The Morgan fingerprint density at radius 2 is 1.15 bits per heavy atom. The van der Waals surface area contributed by atoms with Crippen LogP contribution in [-0.2, 0) is 0 Å². The second kappa shape index (κ2) is 9.87. The molecule has 2 aromatic heterocycles. The van der Waals surface area contributed by atoms with Crippen LogP contribution in [0.3, 0.4) is 0 Å². The Morgan fingerprint density at radius 1 is 0.435 bits per heavy atom. The van der Waals surface area contributed by atoms with E-state index in [2.05, 4.69) is 155 Å². The number of rotatable bonds is 4. The van der Waals surface area contributed by atoms with E-state index in [0.717, 1.165) is 17.1 Å². The van der Waals surface area contributed by atoms with Crippen molar-refractivity contribution >= 4 is 70.1 Å². The van der Waals surface area contributed by atoms with Gasteiger partial charge >= 0.3 is 0 Å². The van der Waals surface area contributed by atoms with Crippen LogP contribution in [0, 0.1) is 0 Å². The lowest BCUT2D eigenvalue weighted by atomic mass is 9.97. The molecule has 0 fully saturated rings. The zero-order valence-corrected chi connectivity index (χ0v) is 25.6. The standard InChI is InChI=1S/C43H26N2S/c1-2-10-33-27(7-1)8-5-13-34(33)28-15-17-30(18-16-28)45(31-19-20-37-40-26-44-22-21-41(40)46-42(37)25-31)32-23-29-9-6-14-38-35-11-3-4-12-36(35)39(24-32)43(29)38/h1-26H. The van der Waals surface area contributed by atoms with E-state index < -0.39 is 0 Å². The SMILES string of the molecule is c1ccc2c(c1)-c1cccc3cc(N(c4ccc(-c5cccc6ccccc56)cc4)c4ccc5c(c4)sc4ccncc45)cc-2c13.